The smallest absolute Gasteiger partial charge is 0.160 e. The number of fused-ring (bicyclic) bond motifs is 1. The van der Waals surface area contributed by atoms with Gasteiger partial charge in [-0.3, -0.25) is 0 Å². The molecule has 0 radical (unpaired) electrons. The van der Waals surface area contributed by atoms with E-state index in [0.29, 0.717) is 26.7 Å². The molecule has 2 nitrogen and oxygen atoms in total. The summed E-state index contributed by atoms with van der Waals surface area (Å²) in [4.78, 5) is 4.15. The Balaban J connectivity index is 1.76. The third kappa shape index (κ3) is 3.84. The second-order valence-electron chi connectivity index (χ2n) is 7.62. The van der Waals surface area contributed by atoms with E-state index in [2.05, 4.69) is 0 Å². The number of allylic oxidation sites excluding steroid dienone is 2. The van der Waals surface area contributed by atoms with Gasteiger partial charge in [0, 0.05) is 33.7 Å². The van der Waals surface area contributed by atoms with E-state index in [1.165, 1.54) is 16.7 Å². The van der Waals surface area contributed by atoms with Crippen molar-refractivity contribution in [1.82, 2.24) is 0 Å². The van der Waals surface area contributed by atoms with Crippen LogP contribution in [0.25, 0.3) is 0 Å². The summed E-state index contributed by atoms with van der Waals surface area (Å²) >= 11 is 2.33. The quantitative estimate of drug-likeness (QED) is 0.321. The van der Waals surface area contributed by atoms with E-state index in [1.807, 2.05) is 6.92 Å². The lowest BCUT2D eigenvalue weighted by molar-refractivity contribution is 0.506. The highest BCUT2D eigenvalue weighted by molar-refractivity contribution is 8.09. The summed E-state index contributed by atoms with van der Waals surface area (Å²) in [5.74, 6) is -5.46. The monoisotopic (exact) mass is 508 g/mol. The molecule has 34 heavy (non-hydrogen) atoms. The van der Waals surface area contributed by atoms with Crippen molar-refractivity contribution in [1.29, 1.82) is 0 Å². The summed E-state index contributed by atoms with van der Waals surface area (Å²) in [7, 11) is 0. The molecule has 0 bridgehead atoms. The van der Waals surface area contributed by atoms with E-state index >= 15 is 0 Å². The van der Waals surface area contributed by atoms with Gasteiger partial charge in [0.05, 0.1) is 17.1 Å². The molecule has 0 spiro atoms. The molecule has 3 aromatic rings. The van der Waals surface area contributed by atoms with Gasteiger partial charge in [-0.15, -0.1) is 0 Å². The highest BCUT2D eigenvalue weighted by Gasteiger charge is 2.37. The minimum absolute atomic E-state index is 0.0467. The maximum atomic E-state index is 14.2. The molecular weight excluding hydrogens is 494 g/mol. The van der Waals surface area contributed by atoms with Crippen molar-refractivity contribution in [3.8, 4) is 0 Å². The third-order valence-corrected chi connectivity index (χ3v) is 7.76. The number of hydrogen-bond acceptors (Lipinski definition) is 4. The van der Waals surface area contributed by atoms with Gasteiger partial charge in [-0.25, -0.2) is 26.3 Å². The van der Waals surface area contributed by atoms with Crippen molar-refractivity contribution >= 4 is 40.6 Å². The molecule has 2 aliphatic heterocycles. The molecular formula is C24H14F6N2S2. The molecule has 0 amide bonds. The van der Waals surface area contributed by atoms with Crippen molar-refractivity contribution in [2.24, 2.45) is 0 Å². The molecule has 2 aliphatic rings. The van der Waals surface area contributed by atoms with Crippen LogP contribution in [0.4, 0.5) is 43.4 Å². The molecule has 3 aromatic carbocycles. The van der Waals surface area contributed by atoms with Gasteiger partial charge in [0.1, 0.15) is 33.3 Å². The fraction of sp³-hybridized carbons (Fsp3) is 0.0833. The van der Waals surface area contributed by atoms with Crippen LogP contribution in [0.2, 0.25) is 0 Å². The van der Waals surface area contributed by atoms with Crippen LogP contribution in [0.1, 0.15) is 13.8 Å². The Morgan fingerprint density at radius 2 is 1.03 bits per heavy atom. The summed E-state index contributed by atoms with van der Waals surface area (Å²) in [6, 6.07) is 7.86. The van der Waals surface area contributed by atoms with Crippen molar-refractivity contribution in [3.63, 3.8) is 0 Å². The molecule has 2 heterocycles. The van der Waals surface area contributed by atoms with Crippen LogP contribution in [0.5, 0.6) is 0 Å². The van der Waals surface area contributed by atoms with Gasteiger partial charge in [-0.1, -0.05) is 23.5 Å². The van der Waals surface area contributed by atoms with Crippen molar-refractivity contribution in [3.05, 3.63) is 104 Å². The fourth-order valence-corrected chi connectivity index (χ4v) is 6.18. The molecule has 10 heteroatoms. The molecule has 0 unspecified atom stereocenters. The van der Waals surface area contributed by atoms with Crippen LogP contribution >= 0.6 is 23.5 Å². The first-order chi connectivity index (χ1) is 16.1. The second-order valence-corrected chi connectivity index (χ2v) is 9.85. The summed E-state index contributed by atoms with van der Waals surface area (Å²) in [6.45, 7) is 3.57. The van der Waals surface area contributed by atoms with Crippen LogP contribution in [-0.2, 0) is 0 Å². The SMILES string of the molecule is CC1=C(C)N(c2cc(F)cc(F)c2)/C(=C2\Sc3cc(F)c(F)cc3N2c2cc(F)cc(F)c2)S1. The van der Waals surface area contributed by atoms with Crippen molar-refractivity contribution in [2.75, 3.05) is 9.80 Å². The Labute approximate surface area is 199 Å². The van der Waals surface area contributed by atoms with E-state index in [1.54, 1.807) is 11.8 Å². The molecule has 0 atom stereocenters. The summed E-state index contributed by atoms with van der Waals surface area (Å²) in [6.07, 6.45) is 0. The van der Waals surface area contributed by atoms with E-state index < -0.39 is 34.9 Å². The van der Waals surface area contributed by atoms with Crippen molar-refractivity contribution in [2.45, 2.75) is 18.7 Å². The van der Waals surface area contributed by atoms with E-state index in [0.717, 1.165) is 59.1 Å². The Morgan fingerprint density at radius 1 is 0.559 bits per heavy atom. The minimum Gasteiger partial charge on any atom is -0.305 e. The number of benzene rings is 3. The molecule has 0 saturated carbocycles. The van der Waals surface area contributed by atoms with Gasteiger partial charge in [0.2, 0.25) is 0 Å². The maximum absolute atomic E-state index is 14.2. The third-order valence-electron chi connectivity index (χ3n) is 5.34. The number of anilines is 3. The standard InChI is InChI=1S/C24H14F6N2S2/c1-11-12(2)33-23(31(11)17-5-13(25)3-14(26)6-17)24-32(18-7-15(27)4-16(28)8-18)21-9-19(29)20(30)10-22(21)34-24/h3-10H,1-2H3/b24-23+. The lowest BCUT2D eigenvalue weighted by Crippen LogP contribution is -2.21. The number of thioether (sulfide) groups is 2. The zero-order valence-electron chi connectivity index (χ0n) is 17.6. The molecule has 0 aromatic heterocycles. The highest BCUT2D eigenvalue weighted by Crippen LogP contribution is 2.56. The zero-order valence-corrected chi connectivity index (χ0v) is 19.2. The molecule has 0 fully saturated rings. The topological polar surface area (TPSA) is 6.48 Å². The van der Waals surface area contributed by atoms with Crippen molar-refractivity contribution < 1.29 is 26.3 Å². The van der Waals surface area contributed by atoms with Gasteiger partial charge in [-0.05, 0) is 44.2 Å². The number of rotatable bonds is 2. The number of hydrogen-bond donors (Lipinski definition) is 0. The second kappa shape index (κ2) is 8.35. The largest absolute Gasteiger partial charge is 0.305 e. The van der Waals surface area contributed by atoms with Crippen LogP contribution in [0.3, 0.4) is 0 Å². The summed E-state index contributed by atoms with van der Waals surface area (Å²) in [5, 5.41) is 0.836. The fourth-order valence-electron chi connectivity index (χ4n) is 3.79. The first-order valence-corrected chi connectivity index (χ1v) is 11.5. The average molecular weight is 509 g/mol. The first-order valence-electron chi connectivity index (χ1n) is 9.91. The number of halogens is 6. The summed E-state index contributed by atoms with van der Waals surface area (Å²) in [5.41, 5.74) is 1.10. The Hall–Kier alpha value is -2.98. The van der Waals surface area contributed by atoms with Gasteiger partial charge in [-0.2, -0.15) is 0 Å². The molecule has 0 aliphatic carbocycles. The van der Waals surface area contributed by atoms with E-state index in [-0.39, 0.29) is 17.1 Å². The molecule has 0 N–H and O–H groups in total. The average Bonchev–Trinajstić information content (AvgIpc) is 3.24. The predicted molar refractivity (Wildman–Crippen MR) is 123 cm³/mol. The normalized spacial score (nSPS) is 17.8. The van der Waals surface area contributed by atoms with E-state index in [4.69, 9.17) is 0 Å². The molecule has 174 valence electrons. The highest BCUT2D eigenvalue weighted by atomic mass is 32.2. The van der Waals surface area contributed by atoms with Crippen LogP contribution in [0.15, 0.2) is 74.1 Å². The van der Waals surface area contributed by atoms with Crippen LogP contribution < -0.4 is 9.80 Å². The number of nitrogens with zero attached hydrogens (tertiary/aromatic N) is 2. The Kier molecular flexibility index (Phi) is 5.60. The summed E-state index contributed by atoms with van der Waals surface area (Å²) < 4.78 is 84.6. The molecule has 0 saturated heterocycles. The lowest BCUT2D eigenvalue weighted by atomic mass is 10.2. The lowest BCUT2D eigenvalue weighted by Gasteiger charge is -2.27. The van der Waals surface area contributed by atoms with Gasteiger partial charge < -0.3 is 9.80 Å². The van der Waals surface area contributed by atoms with Crippen LogP contribution in [-0.4, -0.2) is 0 Å². The van der Waals surface area contributed by atoms with Gasteiger partial charge in [0.15, 0.2) is 11.6 Å². The minimum atomic E-state index is -1.12. The van der Waals surface area contributed by atoms with Crippen LogP contribution in [0, 0.1) is 34.9 Å². The Bertz CT molecular complexity index is 1380. The Morgan fingerprint density at radius 3 is 1.59 bits per heavy atom. The zero-order chi connectivity index (χ0) is 24.3. The first kappa shape index (κ1) is 22.8. The van der Waals surface area contributed by atoms with Gasteiger partial charge in [0.25, 0.3) is 0 Å². The van der Waals surface area contributed by atoms with Gasteiger partial charge >= 0.3 is 0 Å². The maximum Gasteiger partial charge on any atom is 0.160 e. The predicted octanol–water partition coefficient (Wildman–Crippen LogP) is 8.40. The van der Waals surface area contributed by atoms with E-state index in [9.17, 15) is 26.3 Å². The molecule has 5 rings (SSSR count).